The number of rotatable bonds is 11. The quantitative estimate of drug-likeness (QED) is 0.229. The highest BCUT2D eigenvalue weighted by Gasteiger charge is 2.73. The van der Waals surface area contributed by atoms with Gasteiger partial charge < -0.3 is 21.7 Å². The number of primary amides is 2. The standard InChI is InChI=1S/C31H29F7N4O4/c1-17-14-21(29(32,30(33,34)35)31(36,37)38)15-18(2)26(17)41-27(45)23-9-4-3-8-22(23)19-6-5-7-20(16-19)28(46)42(12-10-24(39)43)13-11-25(40)44/h3-9,14-16H,10-13H2,1-2H3,(H2,39,43)(H2,40,44)(H,41,45). The van der Waals surface area contributed by atoms with E-state index in [1.165, 1.54) is 35.2 Å². The first-order chi connectivity index (χ1) is 21.3. The number of nitrogens with one attached hydrogen (secondary N) is 1. The first-order valence-electron chi connectivity index (χ1n) is 13.6. The lowest BCUT2D eigenvalue weighted by molar-refractivity contribution is -0.348. The van der Waals surface area contributed by atoms with Crippen LogP contribution in [0.2, 0.25) is 0 Å². The average Bonchev–Trinajstić information content (AvgIpc) is 2.96. The van der Waals surface area contributed by atoms with Crippen LogP contribution in [0.5, 0.6) is 0 Å². The van der Waals surface area contributed by atoms with Crippen molar-refractivity contribution in [3.63, 3.8) is 0 Å². The second kappa shape index (κ2) is 13.6. The van der Waals surface area contributed by atoms with E-state index in [2.05, 4.69) is 5.32 Å². The molecule has 3 aromatic carbocycles. The van der Waals surface area contributed by atoms with E-state index in [4.69, 9.17) is 11.5 Å². The van der Waals surface area contributed by atoms with Crippen LogP contribution in [0.1, 0.15) is 50.2 Å². The largest absolute Gasteiger partial charge is 0.435 e. The summed E-state index contributed by atoms with van der Waals surface area (Å²) in [6, 6.07) is 12.8. The maximum absolute atomic E-state index is 14.7. The molecule has 0 unspecified atom stereocenters. The molecule has 4 amide bonds. The van der Waals surface area contributed by atoms with Crippen molar-refractivity contribution in [1.29, 1.82) is 0 Å². The van der Waals surface area contributed by atoms with Gasteiger partial charge in [-0.1, -0.05) is 42.5 Å². The molecule has 0 saturated carbocycles. The van der Waals surface area contributed by atoms with Crippen LogP contribution in [-0.2, 0) is 15.3 Å². The third kappa shape index (κ3) is 7.64. The number of carbonyl (C=O) groups excluding carboxylic acids is 4. The van der Waals surface area contributed by atoms with Crippen LogP contribution < -0.4 is 16.8 Å². The highest BCUT2D eigenvalue weighted by Crippen LogP contribution is 2.53. The minimum Gasteiger partial charge on any atom is -0.370 e. The van der Waals surface area contributed by atoms with E-state index < -0.39 is 47.2 Å². The number of hydrogen-bond donors (Lipinski definition) is 3. The van der Waals surface area contributed by atoms with Crippen molar-refractivity contribution in [3.8, 4) is 11.1 Å². The Labute approximate surface area is 258 Å². The van der Waals surface area contributed by atoms with Gasteiger partial charge in [-0.2, -0.15) is 26.3 Å². The fourth-order valence-electron chi connectivity index (χ4n) is 4.77. The Morgan fingerprint density at radius 3 is 1.76 bits per heavy atom. The Morgan fingerprint density at radius 2 is 1.26 bits per heavy atom. The molecule has 0 spiro atoms. The molecule has 0 atom stereocenters. The molecular formula is C31H29F7N4O4. The summed E-state index contributed by atoms with van der Waals surface area (Å²) in [5.74, 6) is -2.70. The zero-order valence-electron chi connectivity index (χ0n) is 24.5. The smallest absolute Gasteiger partial charge is 0.370 e. The molecule has 246 valence electrons. The van der Waals surface area contributed by atoms with Gasteiger partial charge in [0.1, 0.15) is 0 Å². The van der Waals surface area contributed by atoms with Crippen molar-refractivity contribution < 1.29 is 49.9 Å². The molecule has 46 heavy (non-hydrogen) atoms. The van der Waals surface area contributed by atoms with E-state index in [9.17, 15) is 49.9 Å². The molecule has 8 nitrogen and oxygen atoms in total. The molecule has 0 fully saturated rings. The van der Waals surface area contributed by atoms with Crippen LogP contribution in [-0.4, -0.2) is 54.0 Å². The summed E-state index contributed by atoms with van der Waals surface area (Å²) >= 11 is 0. The Kier molecular flexibility index (Phi) is 10.5. The van der Waals surface area contributed by atoms with Crippen molar-refractivity contribution in [1.82, 2.24) is 4.90 Å². The topological polar surface area (TPSA) is 136 Å². The van der Waals surface area contributed by atoms with Crippen molar-refractivity contribution >= 4 is 29.3 Å². The third-order valence-electron chi connectivity index (χ3n) is 7.09. The highest BCUT2D eigenvalue weighted by molar-refractivity contribution is 6.09. The zero-order valence-corrected chi connectivity index (χ0v) is 24.5. The van der Waals surface area contributed by atoms with Crippen molar-refractivity contribution in [3.05, 3.63) is 88.5 Å². The minimum atomic E-state index is -6.30. The fourth-order valence-corrected chi connectivity index (χ4v) is 4.77. The number of carbonyl (C=O) groups is 4. The fraction of sp³-hybridized carbons (Fsp3) is 0.290. The Balaban J connectivity index is 1.97. The molecule has 3 aromatic rings. The first-order valence-corrected chi connectivity index (χ1v) is 13.6. The van der Waals surface area contributed by atoms with Crippen molar-refractivity contribution in [2.75, 3.05) is 18.4 Å². The number of hydrogen-bond acceptors (Lipinski definition) is 4. The van der Waals surface area contributed by atoms with Gasteiger partial charge in [0.05, 0.1) is 0 Å². The van der Waals surface area contributed by atoms with E-state index in [0.29, 0.717) is 23.3 Å². The zero-order chi connectivity index (χ0) is 34.6. The van der Waals surface area contributed by atoms with Gasteiger partial charge in [-0.3, -0.25) is 19.2 Å². The number of alkyl halides is 7. The molecule has 0 radical (unpaired) electrons. The minimum absolute atomic E-state index is 0.0275. The predicted octanol–water partition coefficient (Wildman–Crippen LogP) is 5.71. The third-order valence-corrected chi connectivity index (χ3v) is 7.09. The number of amides is 4. The van der Waals surface area contributed by atoms with Crippen LogP contribution in [0.4, 0.5) is 36.4 Å². The molecule has 15 heteroatoms. The SMILES string of the molecule is Cc1cc(C(F)(C(F)(F)F)C(F)(F)F)cc(C)c1NC(=O)c1ccccc1-c1cccc(C(=O)N(CCC(N)=O)CCC(N)=O)c1. The lowest BCUT2D eigenvalue weighted by atomic mass is 9.90. The average molecular weight is 655 g/mol. The lowest BCUT2D eigenvalue weighted by Crippen LogP contribution is -2.50. The molecule has 0 heterocycles. The normalized spacial score (nSPS) is 12.0. The van der Waals surface area contributed by atoms with Crippen LogP contribution in [0, 0.1) is 13.8 Å². The Morgan fingerprint density at radius 1 is 0.739 bits per heavy atom. The molecule has 0 bridgehead atoms. The lowest BCUT2D eigenvalue weighted by Gasteiger charge is -2.31. The maximum Gasteiger partial charge on any atom is 0.435 e. The van der Waals surface area contributed by atoms with Gasteiger partial charge in [-0.15, -0.1) is 0 Å². The van der Waals surface area contributed by atoms with Gasteiger partial charge in [0.25, 0.3) is 11.8 Å². The molecule has 0 aliphatic heterocycles. The van der Waals surface area contributed by atoms with Gasteiger partial charge in [0, 0.05) is 48.3 Å². The summed E-state index contributed by atoms with van der Waals surface area (Å²) < 4.78 is 94.6. The number of nitrogens with two attached hydrogens (primary N) is 2. The molecule has 0 aliphatic rings. The molecular weight excluding hydrogens is 625 g/mol. The predicted molar refractivity (Wildman–Crippen MR) is 154 cm³/mol. The number of halogens is 7. The van der Waals surface area contributed by atoms with Crippen LogP contribution >= 0.6 is 0 Å². The van der Waals surface area contributed by atoms with Gasteiger partial charge in [-0.05, 0) is 54.3 Å². The number of benzene rings is 3. The summed E-state index contributed by atoms with van der Waals surface area (Å²) in [6.07, 6.45) is -13.0. The molecule has 5 N–H and O–H groups in total. The summed E-state index contributed by atoms with van der Waals surface area (Å²) in [7, 11) is 0. The second-order valence-electron chi connectivity index (χ2n) is 10.4. The van der Waals surface area contributed by atoms with E-state index in [1.807, 2.05) is 0 Å². The first kappa shape index (κ1) is 35.5. The van der Waals surface area contributed by atoms with Gasteiger partial charge in [0.15, 0.2) is 0 Å². The number of anilines is 1. The van der Waals surface area contributed by atoms with E-state index in [1.54, 1.807) is 18.2 Å². The van der Waals surface area contributed by atoms with Gasteiger partial charge in [0.2, 0.25) is 11.8 Å². The van der Waals surface area contributed by atoms with E-state index in [-0.39, 0.29) is 53.9 Å². The summed E-state index contributed by atoms with van der Waals surface area (Å²) in [5.41, 5.74) is 3.30. The van der Waals surface area contributed by atoms with Crippen molar-refractivity contribution in [2.24, 2.45) is 11.5 Å². The van der Waals surface area contributed by atoms with Crippen LogP contribution in [0.15, 0.2) is 60.7 Å². The Bertz CT molecular complexity index is 1600. The Hall–Kier alpha value is -4.95. The summed E-state index contributed by atoms with van der Waals surface area (Å²) in [5, 5.41) is 2.48. The van der Waals surface area contributed by atoms with Gasteiger partial charge in [-0.25, -0.2) is 4.39 Å². The van der Waals surface area contributed by atoms with E-state index in [0.717, 1.165) is 13.8 Å². The van der Waals surface area contributed by atoms with Crippen LogP contribution in [0.3, 0.4) is 0 Å². The number of nitrogens with zero attached hydrogens (tertiary/aromatic N) is 1. The highest BCUT2D eigenvalue weighted by atomic mass is 19.4. The molecule has 3 rings (SSSR count). The summed E-state index contributed by atoms with van der Waals surface area (Å²) in [6.45, 7) is 2.08. The number of aryl methyl sites for hydroxylation is 2. The van der Waals surface area contributed by atoms with E-state index >= 15 is 0 Å². The second-order valence-corrected chi connectivity index (χ2v) is 10.4. The van der Waals surface area contributed by atoms with Crippen molar-refractivity contribution in [2.45, 2.75) is 44.7 Å². The summed E-state index contributed by atoms with van der Waals surface area (Å²) in [4.78, 5) is 50.5. The van der Waals surface area contributed by atoms with Gasteiger partial charge >= 0.3 is 18.0 Å². The van der Waals surface area contributed by atoms with Crippen LogP contribution in [0.25, 0.3) is 11.1 Å². The monoisotopic (exact) mass is 654 g/mol. The molecule has 0 saturated heterocycles. The maximum atomic E-state index is 14.7. The molecule has 0 aliphatic carbocycles. The molecule has 0 aromatic heterocycles.